The zero-order valence-electron chi connectivity index (χ0n) is 36.3. The molecule has 358 valence electrons. The summed E-state index contributed by atoms with van der Waals surface area (Å²) in [6, 6.07) is 15.7. The van der Waals surface area contributed by atoms with E-state index < -0.39 is 57.1 Å². The van der Waals surface area contributed by atoms with Crippen LogP contribution >= 0.6 is 23.8 Å². The van der Waals surface area contributed by atoms with Gasteiger partial charge in [0.25, 0.3) is 40.5 Å². The van der Waals surface area contributed by atoms with Crippen molar-refractivity contribution in [2.75, 3.05) is 29.5 Å². The van der Waals surface area contributed by atoms with Crippen LogP contribution in [0, 0.1) is 0 Å². The number of rotatable bonds is 20. The van der Waals surface area contributed by atoms with Crippen LogP contribution in [0.4, 0.5) is 11.4 Å². The minimum atomic E-state index is -4.54. The minimum absolute atomic E-state index is 0.161. The predicted octanol–water partition coefficient (Wildman–Crippen LogP) is 8.33. The quantitative estimate of drug-likeness (QED) is 0.0178. The molecule has 0 aromatic heterocycles. The largest absolute Gasteiger partial charge is 0.344 e. The van der Waals surface area contributed by atoms with E-state index in [0.717, 1.165) is 50.8 Å². The van der Waals surface area contributed by atoms with Crippen molar-refractivity contribution in [1.82, 2.24) is 0 Å². The molecule has 17 nitrogen and oxygen atoms in total. The van der Waals surface area contributed by atoms with Crippen LogP contribution in [0.2, 0.25) is 0 Å². The number of hydrogen-bond donors (Lipinski definition) is 5. The molecule has 0 spiro atoms. The molecule has 0 bridgehead atoms. The van der Waals surface area contributed by atoms with Gasteiger partial charge in [-0.25, -0.2) is 5.26 Å². The van der Waals surface area contributed by atoms with Crippen LogP contribution < -0.4 is 4.90 Å². The Morgan fingerprint density at radius 3 is 1.94 bits per heavy atom. The van der Waals surface area contributed by atoms with Crippen molar-refractivity contribution in [2.24, 2.45) is 0 Å². The zero-order chi connectivity index (χ0) is 48.5. The second kappa shape index (κ2) is 20.1. The van der Waals surface area contributed by atoms with Gasteiger partial charge in [-0.2, -0.15) is 38.2 Å². The molecule has 0 radical (unpaired) electrons. The fourth-order valence-electron chi connectivity index (χ4n) is 8.47. The number of fused-ring (bicyclic) bond motifs is 2. The van der Waals surface area contributed by atoms with Gasteiger partial charge >= 0.3 is 0 Å². The highest BCUT2D eigenvalue weighted by atomic mass is 32.2. The third-order valence-corrected chi connectivity index (χ3v) is 16.9. The molecule has 1 aliphatic carbocycles. The Balaban J connectivity index is 1.45. The molecule has 66 heavy (non-hydrogen) atoms. The van der Waals surface area contributed by atoms with E-state index in [1.165, 1.54) is 36.0 Å². The maximum absolute atomic E-state index is 12.2. The standard InChI is InChI=1S/C43H50N2O15S6/c1-42(2)35-27-32(62-60-59-46)15-19-37(35)44(23-5-7-25-63(47,48)49)39(42)21-11-29-9-10-30(41(29)61-31-13-16-33(17-14-31)65(53,54)55)12-22-40-43(3,4)36-28-34(66(56,57)58)18-20-38(36)45(40)24-6-8-26-64(50,51)52/h11-22,27-28H,5-10,23-26H2,1-4H3,(H4-,46,47,48,49,50,51,52,53,54,55,56,57,58)/p+1. The molecule has 3 aromatic rings. The fraction of sp³-hybridized carbons (Fsp3) is 0.372. The van der Waals surface area contributed by atoms with Crippen molar-refractivity contribution in [2.45, 2.75) is 96.6 Å². The molecule has 0 fully saturated rings. The monoisotopic (exact) mass is 1030 g/mol. The van der Waals surface area contributed by atoms with E-state index in [0.29, 0.717) is 59.8 Å². The van der Waals surface area contributed by atoms with Gasteiger partial charge in [0.05, 0.1) is 38.8 Å². The molecule has 0 atom stereocenters. The van der Waals surface area contributed by atoms with Gasteiger partial charge < -0.3 is 4.90 Å². The normalized spacial score (nSPS) is 18.7. The highest BCUT2D eigenvalue weighted by Crippen LogP contribution is 2.50. The summed E-state index contributed by atoms with van der Waals surface area (Å²) >= 11 is 2.21. The molecule has 2 aliphatic heterocycles. The lowest BCUT2D eigenvalue weighted by molar-refractivity contribution is -0.438. The first-order valence-electron chi connectivity index (χ1n) is 20.5. The van der Waals surface area contributed by atoms with Gasteiger partial charge in [-0.1, -0.05) is 42.8 Å². The predicted molar refractivity (Wildman–Crippen MR) is 252 cm³/mol. The van der Waals surface area contributed by atoms with Gasteiger partial charge in [-0.3, -0.25) is 18.2 Å². The molecule has 0 unspecified atom stereocenters. The Morgan fingerprint density at radius 2 is 1.32 bits per heavy atom. The number of anilines is 1. The second-order valence-corrected chi connectivity index (χ2v) is 24.8. The van der Waals surface area contributed by atoms with Gasteiger partial charge in [-0.05, 0) is 123 Å². The maximum Gasteiger partial charge on any atom is 0.294 e. The lowest BCUT2D eigenvalue weighted by atomic mass is 9.81. The zero-order valence-corrected chi connectivity index (χ0v) is 41.2. The van der Waals surface area contributed by atoms with Crippen molar-refractivity contribution in [3.63, 3.8) is 0 Å². The van der Waals surface area contributed by atoms with Crippen LogP contribution in [-0.4, -0.2) is 92.0 Å². The summed E-state index contributed by atoms with van der Waals surface area (Å²) < 4.78 is 139. The van der Waals surface area contributed by atoms with Crippen LogP contribution in [0.15, 0.2) is 126 Å². The molecule has 2 heterocycles. The van der Waals surface area contributed by atoms with E-state index in [4.69, 9.17) is 9.59 Å². The van der Waals surface area contributed by atoms with Crippen LogP contribution in [0.1, 0.15) is 77.3 Å². The third kappa shape index (κ3) is 12.3. The molecular weight excluding hydrogens is 977 g/mol. The van der Waals surface area contributed by atoms with E-state index >= 15 is 0 Å². The smallest absolute Gasteiger partial charge is 0.294 e. The second-order valence-electron chi connectivity index (χ2n) is 17.0. The first kappa shape index (κ1) is 51.7. The van der Waals surface area contributed by atoms with Gasteiger partial charge in [0.2, 0.25) is 5.69 Å². The molecule has 0 saturated heterocycles. The molecule has 3 aliphatic rings. The Kier molecular flexibility index (Phi) is 15.8. The molecule has 3 aromatic carbocycles. The van der Waals surface area contributed by atoms with Crippen molar-refractivity contribution in [3.05, 3.63) is 118 Å². The highest BCUT2D eigenvalue weighted by molar-refractivity contribution is 8.03. The van der Waals surface area contributed by atoms with Crippen LogP contribution in [0.5, 0.6) is 0 Å². The summed E-state index contributed by atoms with van der Waals surface area (Å²) in [5.41, 5.74) is 5.18. The van der Waals surface area contributed by atoms with Crippen LogP contribution in [0.25, 0.3) is 0 Å². The van der Waals surface area contributed by atoms with E-state index in [-0.39, 0.29) is 28.4 Å². The minimum Gasteiger partial charge on any atom is -0.344 e. The number of hydrogen-bond acceptors (Lipinski definition) is 14. The Bertz CT molecular complexity index is 2990. The third-order valence-electron chi connectivity index (χ3n) is 11.7. The van der Waals surface area contributed by atoms with Crippen molar-refractivity contribution < 1.29 is 71.1 Å². The van der Waals surface area contributed by atoms with Crippen molar-refractivity contribution in [3.8, 4) is 0 Å². The van der Waals surface area contributed by atoms with Gasteiger partial charge in [0, 0.05) is 62.2 Å². The molecule has 23 heteroatoms. The lowest BCUT2D eigenvalue weighted by Crippen LogP contribution is -2.28. The molecular formula is C43H51N2O15S6+. The average Bonchev–Trinajstić information content (AvgIpc) is 3.77. The highest BCUT2D eigenvalue weighted by Gasteiger charge is 2.45. The SMILES string of the molecule is CC1(C)C(C=CC2=C(Sc3ccc(S(=O)(=O)O)cc3)C(=C/C=C3/N(CCCCS(=O)(=O)O)c4ccc(S(=O)(=O)O)cc4C3(C)C)CC2)=[N+](CCCCS(=O)(=O)O)c2ccc(SOOO)cc21. The summed E-state index contributed by atoms with van der Waals surface area (Å²) in [6.07, 6.45) is 10.3. The van der Waals surface area contributed by atoms with E-state index in [9.17, 15) is 51.9 Å². The molecule has 6 rings (SSSR count). The Morgan fingerprint density at radius 1 is 0.697 bits per heavy atom. The van der Waals surface area contributed by atoms with Gasteiger partial charge in [0.15, 0.2) is 5.71 Å². The summed E-state index contributed by atoms with van der Waals surface area (Å²) in [4.78, 5) is 3.62. The van der Waals surface area contributed by atoms with Gasteiger partial charge in [-0.15, -0.1) is 4.33 Å². The number of nitrogens with zero attached hydrogens (tertiary/aromatic N) is 2. The van der Waals surface area contributed by atoms with Crippen molar-refractivity contribution in [1.29, 1.82) is 0 Å². The molecule has 5 N–H and O–H groups in total. The van der Waals surface area contributed by atoms with Crippen LogP contribution in [0.3, 0.4) is 0 Å². The molecule has 0 saturated carbocycles. The lowest BCUT2D eigenvalue weighted by Gasteiger charge is -2.27. The first-order chi connectivity index (χ1) is 30.7. The number of unbranched alkanes of at least 4 members (excludes halogenated alkanes) is 2. The summed E-state index contributed by atoms with van der Waals surface area (Å²) in [7, 11) is -17.4. The number of allylic oxidation sites excluding steroid dienone is 7. The van der Waals surface area contributed by atoms with E-state index in [1.54, 1.807) is 24.3 Å². The number of thioether (sulfide) groups is 1. The maximum atomic E-state index is 12.2. The summed E-state index contributed by atoms with van der Waals surface area (Å²) in [5.74, 6) is -0.820. The Labute approximate surface area is 394 Å². The summed E-state index contributed by atoms with van der Waals surface area (Å²) in [6.45, 7) is 8.66. The first-order valence-corrected chi connectivity index (χ1v) is 28.2. The van der Waals surface area contributed by atoms with Crippen LogP contribution in [-0.2, 0) is 60.7 Å². The van der Waals surface area contributed by atoms with Crippen molar-refractivity contribution >= 4 is 81.4 Å². The average molecular weight is 1030 g/mol. The van der Waals surface area contributed by atoms with E-state index in [1.807, 2.05) is 69.0 Å². The van der Waals surface area contributed by atoms with E-state index in [2.05, 4.69) is 9.61 Å². The summed E-state index contributed by atoms with van der Waals surface area (Å²) in [5, 5.41) is 12.6. The topological polar surface area (TPSA) is 262 Å². The Hall–Kier alpha value is -3.69. The van der Waals surface area contributed by atoms with Gasteiger partial charge in [0.1, 0.15) is 6.54 Å². The molecule has 0 amide bonds. The number of benzene rings is 3. The fourth-order valence-corrected chi connectivity index (χ4v) is 12.1.